The number of hydrogen-bond donors (Lipinski definition) is 1. The standard InChI is InChI=1S/C22H25N5O/c1-17-16-21(25-22(23-17)24-18-6-4-3-5-7-18)27-14-12-26(13-15-27)19-8-10-20(28-2)11-9-19/h3-11,16H,12-15H2,1-2H3,(H,23,24,25). The summed E-state index contributed by atoms with van der Waals surface area (Å²) in [5.74, 6) is 2.50. The Balaban J connectivity index is 1.43. The van der Waals surface area contributed by atoms with Crippen molar-refractivity contribution in [2.75, 3.05) is 48.4 Å². The highest BCUT2D eigenvalue weighted by molar-refractivity contribution is 5.56. The van der Waals surface area contributed by atoms with E-state index in [0.29, 0.717) is 5.95 Å². The van der Waals surface area contributed by atoms with Crippen LogP contribution in [0.1, 0.15) is 5.69 Å². The van der Waals surface area contributed by atoms with Gasteiger partial charge in [0.25, 0.3) is 0 Å². The second kappa shape index (κ2) is 8.17. The first-order valence-electron chi connectivity index (χ1n) is 9.53. The summed E-state index contributed by atoms with van der Waals surface area (Å²) in [6.45, 7) is 5.77. The number of piperazine rings is 1. The number of ether oxygens (including phenoxy) is 1. The topological polar surface area (TPSA) is 53.5 Å². The van der Waals surface area contributed by atoms with Gasteiger partial charge in [-0.05, 0) is 43.3 Å². The van der Waals surface area contributed by atoms with E-state index in [4.69, 9.17) is 9.72 Å². The van der Waals surface area contributed by atoms with Gasteiger partial charge in [-0.1, -0.05) is 18.2 Å². The highest BCUT2D eigenvalue weighted by Crippen LogP contribution is 2.23. The Bertz CT molecular complexity index is 906. The minimum atomic E-state index is 0.638. The zero-order valence-electron chi connectivity index (χ0n) is 16.3. The summed E-state index contributed by atoms with van der Waals surface area (Å²) in [7, 11) is 1.69. The molecule has 4 rings (SSSR count). The van der Waals surface area contributed by atoms with Gasteiger partial charge in [0.05, 0.1) is 7.11 Å². The lowest BCUT2D eigenvalue weighted by Crippen LogP contribution is -2.46. The number of nitrogens with zero attached hydrogens (tertiary/aromatic N) is 4. The third kappa shape index (κ3) is 4.17. The number of benzene rings is 2. The molecule has 1 saturated heterocycles. The minimum absolute atomic E-state index is 0.638. The molecule has 0 spiro atoms. The van der Waals surface area contributed by atoms with E-state index >= 15 is 0 Å². The minimum Gasteiger partial charge on any atom is -0.497 e. The molecule has 2 aromatic carbocycles. The van der Waals surface area contributed by atoms with Crippen LogP contribution < -0.4 is 19.9 Å². The Morgan fingerprint density at radius 1 is 0.857 bits per heavy atom. The average molecular weight is 375 g/mol. The molecule has 0 bridgehead atoms. The van der Waals surface area contributed by atoms with Gasteiger partial charge in [0.15, 0.2) is 0 Å². The van der Waals surface area contributed by atoms with Crippen molar-refractivity contribution in [2.24, 2.45) is 0 Å². The van der Waals surface area contributed by atoms with Crippen molar-refractivity contribution in [3.8, 4) is 5.75 Å². The number of methoxy groups -OCH3 is 1. The quantitative estimate of drug-likeness (QED) is 0.731. The van der Waals surface area contributed by atoms with Crippen molar-refractivity contribution in [3.63, 3.8) is 0 Å². The second-order valence-electron chi connectivity index (χ2n) is 6.85. The Morgan fingerprint density at radius 3 is 2.21 bits per heavy atom. The average Bonchev–Trinajstić information content (AvgIpc) is 2.74. The van der Waals surface area contributed by atoms with Crippen molar-refractivity contribution in [1.29, 1.82) is 0 Å². The highest BCUT2D eigenvalue weighted by atomic mass is 16.5. The number of aryl methyl sites for hydroxylation is 1. The van der Waals surface area contributed by atoms with Crippen LogP contribution in [0.3, 0.4) is 0 Å². The molecule has 3 aromatic rings. The summed E-state index contributed by atoms with van der Waals surface area (Å²) in [6, 6.07) is 20.3. The molecule has 1 aliphatic rings. The van der Waals surface area contributed by atoms with Crippen LogP contribution in [0.15, 0.2) is 60.7 Å². The van der Waals surface area contributed by atoms with Gasteiger partial charge in [-0.15, -0.1) is 0 Å². The van der Waals surface area contributed by atoms with Crippen LogP contribution >= 0.6 is 0 Å². The monoisotopic (exact) mass is 375 g/mol. The summed E-state index contributed by atoms with van der Waals surface area (Å²) in [5, 5.41) is 3.30. The molecule has 0 amide bonds. The summed E-state index contributed by atoms with van der Waals surface area (Å²) in [6.07, 6.45) is 0. The number of hydrogen-bond acceptors (Lipinski definition) is 6. The van der Waals surface area contributed by atoms with E-state index in [0.717, 1.165) is 49.1 Å². The summed E-state index contributed by atoms with van der Waals surface area (Å²) in [4.78, 5) is 14.0. The maximum atomic E-state index is 5.25. The molecule has 28 heavy (non-hydrogen) atoms. The molecule has 144 valence electrons. The largest absolute Gasteiger partial charge is 0.497 e. The van der Waals surface area contributed by atoms with E-state index in [1.807, 2.05) is 49.4 Å². The van der Waals surface area contributed by atoms with Crippen molar-refractivity contribution in [2.45, 2.75) is 6.92 Å². The SMILES string of the molecule is COc1ccc(N2CCN(c3cc(C)nc(Nc4ccccc4)n3)CC2)cc1. The number of para-hydroxylation sites is 1. The molecule has 6 heteroatoms. The lowest BCUT2D eigenvalue weighted by molar-refractivity contribution is 0.415. The van der Waals surface area contributed by atoms with E-state index in [1.54, 1.807) is 7.11 Å². The van der Waals surface area contributed by atoms with Gasteiger partial charge >= 0.3 is 0 Å². The van der Waals surface area contributed by atoms with Gasteiger partial charge in [-0.2, -0.15) is 4.98 Å². The van der Waals surface area contributed by atoms with Crippen LogP contribution in [0, 0.1) is 6.92 Å². The molecule has 1 fully saturated rings. The molecular weight excluding hydrogens is 350 g/mol. The maximum absolute atomic E-state index is 5.25. The predicted octanol–water partition coefficient (Wildman–Crippen LogP) is 3.86. The zero-order valence-corrected chi connectivity index (χ0v) is 16.3. The maximum Gasteiger partial charge on any atom is 0.229 e. The Hall–Kier alpha value is -3.28. The molecule has 1 N–H and O–H groups in total. The fourth-order valence-corrected chi connectivity index (χ4v) is 3.41. The Kier molecular flexibility index (Phi) is 5.28. The van der Waals surface area contributed by atoms with Gasteiger partial charge in [0.2, 0.25) is 5.95 Å². The van der Waals surface area contributed by atoms with E-state index in [1.165, 1.54) is 5.69 Å². The first-order chi connectivity index (χ1) is 13.7. The molecule has 1 aliphatic heterocycles. The first-order valence-corrected chi connectivity index (χ1v) is 9.53. The Labute approximate surface area is 165 Å². The van der Waals surface area contributed by atoms with E-state index in [2.05, 4.69) is 38.3 Å². The van der Waals surface area contributed by atoms with Crippen LogP contribution in [0.25, 0.3) is 0 Å². The van der Waals surface area contributed by atoms with Crippen LogP contribution in [0.2, 0.25) is 0 Å². The summed E-state index contributed by atoms with van der Waals surface area (Å²) < 4.78 is 5.25. The molecule has 0 saturated carbocycles. The number of rotatable bonds is 5. The van der Waals surface area contributed by atoms with Crippen molar-refractivity contribution in [1.82, 2.24) is 9.97 Å². The summed E-state index contributed by atoms with van der Waals surface area (Å²) >= 11 is 0. The molecule has 1 aromatic heterocycles. The fraction of sp³-hybridized carbons (Fsp3) is 0.273. The lowest BCUT2D eigenvalue weighted by atomic mass is 10.2. The molecule has 6 nitrogen and oxygen atoms in total. The van der Waals surface area contributed by atoms with Crippen LogP contribution in [0.5, 0.6) is 5.75 Å². The van der Waals surface area contributed by atoms with E-state index < -0.39 is 0 Å². The molecule has 2 heterocycles. The van der Waals surface area contributed by atoms with Gasteiger partial charge in [0, 0.05) is 49.3 Å². The molecular formula is C22H25N5O. The Morgan fingerprint density at radius 2 is 1.54 bits per heavy atom. The smallest absolute Gasteiger partial charge is 0.229 e. The normalized spacial score (nSPS) is 14.1. The van der Waals surface area contributed by atoms with Crippen molar-refractivity contribution >= 4 is 23.1 Å². The molecule has 0 radical (unpaired) electrons. The fourth-order valence-electron chi connectivity index (χ4n) is 3.41. The van der Waals surface area contributed by atoms with Crippen LogP contribution in [-0.4, -0.2) is 43.3 Å². The molecule has 0 aliphatic carbocycles. The number of aromatic nitrogens is 2. The number of nitrogens with one attached hydrogen (secondary N) is 1. The van der Waals surface area contributed by atoms with Crippen molar-refractivity contribution in [3.05, 3.63) is 66.4 Å². The summed E-state index contributed by atoms with van der Waals surface area (Å²) in [5.41, 5.74) is 3.18. The van der Waals surface area contributed by atoms with Gasteiger partial charge in [-0.25, -0.2) is 4.98 Å². The lowest BCUT2D eigenvalue weighted by Gasteiger charge is -2.37. The van der Waals surface area contributed by atoms with E-state index in [9.17, 15) is 0 Å². The highest BCUT2D eigenvalue weighted by Gasteiger charge is 2.19. The first kappa shape index (κ1) is 18.1. The predicted molar refractivity (Wildman–Crippen MR) is 114 cm³/mol. The van der Waals surface area contributed by atoms with Gasteiger partial charge < -0.3 is 19.9 Å². The van der Waals surface area contributed by atoms with Crippen LogP contribution in [0.4, 0.5) is 23.1 Å². The molecule has 0 atom stereocenters. The van der Waals surface area contributed by atoms with E-state index in [-0.39, 0.29) is 0 Å². The van der Waals surface area contributed by atoms with Gasteiger partial charge in [-0.3, -0.25) is 0 Å². The third-order valence-electron chi connectivity index (χ3n) is 4.91. The number of anilines is 4. The zero-order chi connectivity index (χ0) is 19.3. The van der Waals surface area contributed by atoms with Gasteiger partial charge in [0.1, 0.15) is 11.6 Å². The molecule has 0 unspecified atom stereocenters. The van der Waals surface area contributed by atoms with Crippen LogP contribution in [-0.2, 0) is 0 Å². The van der Waals surface area contributed by atoms with Crippen molar-refractivity contribution < 1.29 is 4.74 Å². The second-order valence-corrected chi connectivity index (χ2v) is 6.85. The third-order valence-corrected chi connectivity index (χ3v) is 4.91.